The second-order valence-corrected chi connectivity index (χ2v) is 7.26. The number of phosphoric ester groups is 1. The van der Waals surface area contributed by atoms with Gasteiger partial charge < -0.3 is 18.9 Å². The smallest absolute Gasteiger partial charge is 0.460 e. The molecule has 0 radical (unpaired) electrons. The number of phosphoric acid groups is 1. The molecule has 0 bridgehead atoms. The molecule has 0 atom stereocenters. The van der Waals surface area contributed by atoms with Crippen LogP contribution in [0.3, 0.4) is 0 Å². The van der Waals surface area contributed by atoms with E-state index in [-0.39, 0.29) is 59.5 Å². The number of carbonyl (C=O) groups excluding carboxylic acids is 2. The fourth-order valence-corrected chi connectivity index (χ4v) is 2.66. The Morgan fingerprint density at radius 1 is 0.690 bits per heavy atom. The molecular formula is C18H31O10P. The molecule has 0 saturated carbocycles. The molecule has 0 heterocycles. The number of hydrogen-bond acceptors (Lipinski definition) is 10. The lowest BCUT2D eigenvalue weighted by Crippen LogP contribution is -2.14. The molecule has 0 amide bonds. The molecule has 11 heteroatoms. The van der Waals surface area contributed by atoms with Crippen molar-refractivity contribution in [3.63, 3.8) is 0 Å². The van der Waals surface area contributed by atoms with Gasteiger partial charge in [-0.3, -0.25) is 13.6 Å². The highest BCUT2D eigenvalue weighted by molar-refractivity contribution is 7.48. The first-order valence-corrected chi connectivity index (χ1v) is 10.5. The quantitative estimate of drug-likeness (QED) is 0.137. The van der Waals surface area contributed by atoms with Crippen LogP contribution in [0.5, 0.6) is 0 Å². The van der Waals surface area contributed by atoms with E-state index in [1.165, 1.54) is 0 Å². The van der Waals surface area contributed by atoms with E-state index in [9.17, 15) is 14.2 Å². The van der Waals surface area contributed by atoms with Crippen LogP contribution in [0.4, 0.5) is 0 Å². The molecule has 0 rings (SSSR count). The summed E-state index contributed by atoms with van der Waals surface area (Å²) in [6.45, 7) is 12.4. The second-order valence-electron chi connectivity index (χ2n) is 5.59. The summed E-state index contributed by atoms with van der Waals surface area (Å²) in [5, 5.41) is 0. The summed E-state index contributed by atoms with van der Waals surface area (Å²) in [4.78, 5) is 22.3. The molecule has 0 aliphatic carbocycles. The summed E-state index contributed by atoms with van der Waals surface area (Å²) in [6.07, 6.45) is 0. The van der Waals surface area contributed by atoms with Crippen LogP contribution in [-0.4, -0.2) is 71.4 Å². The molecule has 0 fully saturated rings. The lowest BCUT2D eigenvalue weighted by atomic mass is 10.4. The number of rotatable bonds is 18. The minimum absolute atomic E-state index is 0.0383. The third kappa shape index (κ3) is 15.0. The van der Waals surface area contributed by atoms with Crippen molar-refractivity contribution in [1.29, 1.82) is 0 Å². The van der Waals surface area contributed by atoms with Crippen LogP contribution in [-0.2, 0) is 46.7 Å². The van der Waals surface area contributed by atoms with Crippen molar-refractivity contribution in [2.45, 2.75) is 20.8 Å². The minimum atomic E-state index is -3.74. The fourth-order valence-electron chi connectivity index (χ4n) is 1.52. The van der Waals surface area contributed by atoms with Gasteiger partial charge in [0.1, 0.15) is 13.2 Å². The van der Waals surface area contributed by atoms with E-state index >= 15 is 0 Å². The van der Waals surface area contributed by atoms with Gasteiger partial charge in [-0.05, 0) is 20.8 Å². The summed E-state index contributed by atoms with van der Waals surface area (Å²) < 4.78 is 47.8. The summed E-state index contributed by atoms with van der Waals surface area (Å²) in [5.74, 6) is -0.981. The first kappa shape index (κ1) is 27.5. The van der Waals surface area contributed by atoms with Crippen molar-refractivity contribution in [2.24, 2.45) is 0 Å². The highest BCUT2D eigenvalue weighted by Gasteiger charge is 2.25. The van der Waals surface area contributed by atoms with Gasteiger partial charge in [0.05, 0.1) is 46.2 Å². The van der Waals surface area contributed by atoms with Gasteiger partial charge in [-0.25, -0.2) is 14.2 Å². The van der Waals surface area contributed by atoms with Gasteiger partial charge in [0.2, 0.25) is 0 Å². The van der Waals surface area contributed by atoms with E-state index in [4.69, 9.17) is 32.5 Å². The molecule has 0 spiro atoms. The average Bonchev–Trinajstić information content (AvgIpc) is 2.66. The Morgan fingerprint density at radius 2 is 1.07 bits per heavy atom. The number of hydrogen-bond donors (Lipinski definition) is 0. The molecule has 0 aromatic carbocycles. The zero-order valence-electron chi connectivity index (χ0n) is 17.3. The SMILES string of the molecule is C=C(C)C(=O)OCCOCCOP(=O)(OCC)OCCOCCOC(=O)C(=C)C. The number of carbonyl (C=O) groups is 2. The van der Waals surface area contributed by atoms with Crippen LogP contribution in [0.1, 0.15) is 20.8 Å². The van der Waals surface area contributed by atoms with Gasteiger partial charge in [-0.1, -0.05) is 13.2 Å². The predicted molar refractivity (Wildman–Crippen MR) is 104 cm³/mol. The van der Waals surface area contributed by atoms with Crippen molar-refractivity contribution in [3.05, 3.63) is 24.3 Å². The molecule has 10 nitrogen and oxygen atoms in total. The molecular weight excluding hydrogens is 407 g/mol. The van der Waals surface area contributed by atoms with Crippen LogP contribution >= 0.6 is 7.82 Å². The maximum absolute atomic E-state index is 12.4. The third-order valence-electron chi connectivity index (χ3n) is 2.86. The van der Waals surface area contributed by atoms with Crippen molar-refractivity contribution in [3.8, 4) is 0 Å². The third-order valence-corrected chi connectivity index (χ3v) is 4.43. The largest absolute Gasteiger partial charge is 0.474 e. The van der Waals surface area contributed by atoms with Crippen molar-refractivity contribution >= 4 is 19.8 Å². The van der Waals surface area contributed by atoms with Crippen LogP contribution in [0.2, 0.25) is 0 Å². The van der Waals surface area contributed by atoms with Crippen molar-refractivity contribution in [2.75, 3.05) is 59.5 Å². The van der Waals surface area contributed by atoms with Crippen molar-refractivity contribution < 1.29 is 46.7 Å². The Labute approximate surface area is 171 Å². The normalized spacial score (nSPS) is 11.1. The highest BCUT2D eigenvalue weighted by Crippen LogP contribution is 2.49. The summed E-state index contributed by atoms with van der Waals surface area (Å²) in [5.41, 5.74) is 0.611. The van der Waals surface area contributed by atoms with E-state index in [0.717, 1.165) is 0 Å². The summed E-state index contributed by atoms with van der Waals surface area (Å²) in [7, 11) is -3.74. The summed E-state index contributed by atoms with van der Waals surface area (Å²) in [6, 6.07) is 0. The van der Waals surface area contributed by atoms with Crippen molar-refractivity contribution in [1.82, 2.24) is 0 Å². The highest BCUT2D eigenvalue weighted by atomic mass is 31.2. The monoisotopic (exact) mass is 438 g/mol. The standard InChI is InChI=1S/C18H31O10P/c1-6-26-29(21,27-13-9-22-7-11-24-17(19)15(2)3)28-14-10-23-8-12-25-18(20)16(4)5/h2,4,6-14H2,1,3,5H3. The van der Waals surface area contributed by atoms with E-state index in [0.29, 0.717) is 11.1 Å². The first-order chi connectivity index (χ1) is 13.7. The number of ether oxygens (including phenoxy) is 4. The Morgan fingerprint density at radius 3 is 1.41 bits per heavy atom. The predicted octanol–water partition coefficient (Wildman–Crippen LogP) is 2.44. The first-order valence-electron chi connectivity index (χ1n) is 9.06. The number of esters is 2. The Kier molecular flexibility index (Phi) is 15.4. The maximum atomic E-state index is 12.4. The van der Waals surface area contributed by atoms with Crippen LogP contribution in [0.25, 0.3) is 0 Å². The molecule has 0 aromatic rings. The van der Waals surface area contributed by atoms with Gasteiger partial charge in [-0.2, -0.15) is 0 Å². The Bertz CT molecular complexity index is 531. The molecule has 0 saturated heterocycles. The Hall–Kier alpha value is -1.55. The molecule has 29 heavy (non-hydrogen) atoms. The molecule has 0 aromatic heterocycles. The topological polar surface area (TPSA) is 116 Å². The second kappa shape index (κ2) is 16.3. The van der Waals surface area contributed by atoms with E-state index < -0.39 is 19.8 Å². The zero-order valence-corrected chi connectivity index (χ0v) is 18.2. The Balaban J connectivity index is 3.87. The van der Waals surface area contributed by atoms with Crippen LogP contribution in [0.15, 0.2) is 24.3 Å². The maximum Gasteiger partial charge on any atom is 0.474 e. The lowest BCUT2D eigenvalue weighted by Gasteiger charge is -2.17. The minimum Gasteiger partial charge on any atom is -0.460 e. The van der Waals surface area contributed by atoms with E-state index in [1.54, 1.807) is 20.8 Å². The van der Waals surface area contributed by atoms with E-state index in [1.807, 2.05) is 0 Å². The van der Waals surface area contributed by atoms with Crippen LogP contribution in [0, 0.1) is 0 Å². The van der Waals surface area contributed by atoms with Gasteiger partial charge >= 0.3 is 19.8 Å². The lowest BCUT2D eigenvalue weighted by molar-refractivity contribution is -0.141. The van der Waals surface area contributed by atoms with Gasteiger partial charge in [0, 0.05) is 11.1 Å². The molecule has 0 unspecified atom stereocenters. The van der Waals surface area contributed by atoms with Gasteiger partial charge in [0.15, 0.2) is 0 Å². The van der Waals surface area contributed by atoms with Gasteiger partial charge in [0.25, 0.3) is 0 Å². The molecule has 0 N–H and O–H groups in total. The van der Waals surface area contributed by atoms with E-state index in [2.05, 4.69) is 13.2 Å². The molecule has 168 valence electrons. The molecule has 0 aliphatic heterocycles. The van der Waals surface area contributed by atoms with Gasteiger partial charge in [-0.15, -0.1) is 0 Å². The van der Waals surface area contributed by atoms with Crippen LogP contribution < -0.4 is 0 Å². The zero-order chi connectivity index (χ0) is 22.1. The average molecular weight is 438 g/mol. The fraction of sp³-hybridized carbons (Fsp3) is 0.667. The molecule has 0 aliphatic rings. The summed E-state index contributed by atoms with van der Waals surface area (Å²) >= 11 is 0.